The molecule has 4 nitrogen and oxygen atoms in total. The fourth-order valence-electron chi connectivity index (χ4n) is 3.05. The summed E-state index contributed by atoms with van der Waals surface area (Å²) < 4.78 is 5.62. The molecular formula is C16H23ClN2O2. The lowest BCUT2D eigenvalue weighted by molar-refractivity contribution is -0.122. The van der Waals surface area contributed by atoms with E-state index in [1.165, 1.54) is 6.42 Å². The molecule has 0 saturated carbocycles. The molecule has 2 heterocycles. The molecule has 1 saturated heterocycles. The number of nitrogens with one attached hydrogen (secondary N) is 2. The lowest BCUT2D eigenvalue weighted by atomic mass is 9.99. The molecule has 1 amide bonds. The first-order valence-corrected chi connectivity index (χ1v) is 7.55. The second-order valence-corrected chi connectivity index (χ2v) is 5.69. The Kier molecular flexibility index (Phi) is 5.88. The molecule has 3 rings (SSSR count). The van der Waals surface area contributed by atoms with E-state index in [-0.39, 0.29) is 24.4 Å². The van der Waals surface area contributed by atoms with Crippen LogP contribution in [-0.4, -0.2) is 25.6 Å². The second-order valence-electron chi connectivity index (χ2n) is 5.69. The highest BCUT2D eigenvalue weighted by Crippen LogP contribution is 2.31. The minimum absolute atomic E-state index is 0. The summed E-state index contributed by atoms with van der Waals surface area (Å²) in [6.45, 7) is 2.83. The molecular weight excluding hydrogens is 288 g/mol. The molecule has 2 N–H and O–H groups in total. The quantitative estimate of drug-likeness (QED) is 0.898. The van der Waals surface area contributed by atoms with E-state index in [4.69, 9.17) is 4.74 Å². The van der Waals surface area contributed by atoms with Crippen LogP contribution in [0.1, 0.15) is 37.3 Å². The third kappa shape index (κ3) is 4.11. The maximum absolute atomic E-state index is 12.1. The highest BCUT2D eigenvalue weighted by molar-refractivity contribution is 5.85. The van der Waals surface area contributed by atoms with E-state index in [1.807, 2.05) is 24.3 Å². The average molecular weight is 311 g/mol. The number of fused-ring (bicyclic) bond motifs is 1. The zero-order chi connectivity index (χ0) is 13.8. The normalized spacial score (nSPS) is 23.6. The zero-order valence-electron chi connectivity index (χ0n) is 12.1. The molecule has 2 unspecified atom stereocenters. The van der Waals surface area contributed by atoms with E-state index in [2.05, 4.69) is 10.6 Å². The van der Waals surface area contributed by atoms with Crippen LogP contribution in [0.4, 0.5) is 0 Å². The van der Waals surface area contributed by atoms with Crippen molar-refractivity contribution in [1.82, 2.24) is 10.6 Å². The van der Waals surface area contributed by atoms with Gasteiger partial charge in [0.05, 0.1) is 12.6 Å². The van der Waals surface area contributed by atoms with Gasteiger partial charge in [0.2, 0.25) is 5.91 Å². The lowest BCUT2D eigenvalue weighted by Crippen LogP contribution is -2.32. The summed E-state index contributed by atoms with van der Waals surface area (Å²) in [7, 11) is 0. The van der Waals surface area contributed by atoms with Gasteiger partial charge in [-0.15, -0.1) is 12.4 Å². The number of halogens is 1. The largest absolute Gasteiger partial charge is 0.493 e. The van der Waals surface area contributed by atoms with Gasteiger partial charge in [-0.1, -0.05) is 18.2 Å². The number of benzene rings is 1. The van der Waals surface area contributed by atoms with Crippen LogP contribution in [-0.2, 0) is 4.79 Å². The number of carbonyl (C=O) groups excluding carboxylic acids is 1. The van der Waals surface area contributed by atoms with Gasteiger partial charge in [0.25, 0.3) is 0 Å². The van der Waals surface area contributed by atoms with E-state index in [9.17, 15) is 4.79 Å². The van der Waals surface area contributed by atoms with Crippen LogP contribution in [0.5, 0.6) is 5.75 Å². The summed E-state index contributed by atoms with van der Waals surface area (Å²) in [6, 6.07) is 8.08. The van der Waals surface area contributed by atoms with Crippen molar-refractivity contribution < 1.29 is 9.53 Å². The number of para-hydroxylation sites is 1. The molecule has 0 aromatic heterocycles. The Hall–Kier alpha value is -1.26. The Morgan fingerprint density at radius 1 is 1.33 bits per heavy atom. The van der Waals surface area contributed by atoms with Crippen LogP contribution in [0.15, 0.2) is 24.3 Å². The number of rotatable bonds is 4. The highest BCUT2D eigenvalue weighted by Gasteiger charge is 2.23. The van der Waals surface area contributed by atoms with Crippen molar-refractivity contribution in [2.75, 3.05) is 19.7 Å². The van der Waals surface area contributed by atoms with Gasteiger partial charge in [0, 0.05) is 18.4 Å². The molecule has 2 atom stereocenters. The first-order chi connectivity index (χ1) is 9.83. The number of carbonyl (C=O) groups is 1. The molecule has 5 heteroatoms. The van der Waals surface area contributed by atoms with Crippen molar-refractivity contribution >= 4 is 18.3 Å². The standard InChI is InChI=1S/C16H22N2O2.ClH/c19-16(6-5-12-7-9-17-11-12)18-14-8-10-20-15-4-2-1-3-13(14)15;/h1-4,12,14,17H,5-11H2,(H,18,19);1H. The summed E-state index contributed by atoms with van der Waals surface area (Å²) >= 11 is 0. The Morgan fingerprint density at radius 3 is 3.00 bits per heavy atom. The third-order valence-corrected chi connectivity index (χ3v) is 4.24. The summed E-state index contributed by atoms with van der Waals surface area (Å²) in [6.07, 6.45) is 3.68. The van der Waals surface area contributed by atoms with Gasteiger partial charge in [0.15, 0.2) is 0 Å². The molecule has 1 aromatic carbocycles. The molecule has 0 bridgehead atoms. The molecule has 1 fully saturated rings. The number of hydrogen-bond donors (Lipinski definition) is 2. The molecule has 0 aliphatic carbocycles. The monoisotopic (exact) mass is 310 g/mol. The molecule has 21 heavy (non-hydrogen) atoms. The first-order valence-electron chi connectivity index (χ1n) is 7.55. The third-order valence-electron chi connectivity index (χ3n) is 4.24. The van der Waals surface area contributed by atoms with Crippen molar-refractivity contribution in [3.05, 3.63) is 29.8 Å². The Morgan fingerprint density at radius 2 is 2.19 bits per heavy atom. The average Bonchev–Trinajstić information content (AvgIpc) is 2.99. The lowest BCUT2D eigenvalue weighted by Gasteiger charge is -2.26. The van der Waals surface area contributed by atoms with E-state index in [0.29, 0.717) is 18.9 Å². The maximum atomic E-state index is 12.1. The predicted molar refractivity (Wildman–Crippen MR) is 84.9 cm³/mol. The summed E-state index contributed by atoms with van der Waals surface area (Å²) in [4.78, 5) is 12.1. The maximum Gasteiger partial charge on any atom is 0.220 e. The minimum atomic E-state index is 0. The molecule has 0 radical (unpaired) electrons. The Labute approximate surface area is 132 Å². The second kappa shape index (κ2) is 7.66. The van der Waals surface area contributed by atoms with Crippen LogP contribution in [0.25, 0.3) is 0 Å². The smallest absolute Gasteiger partial charge is 0.220 e. The predicted octanol–water partition coefficient (Wildman–Crippen LogP) is 2.44. The number of hydrogen-bond acceptors (Lipinski definition) is 3. The van der Waals surface area contributed by atoms with E-state index in [0.717, 1.165) is 37.2 Å². The van der Waals surface area contributed by atoms with Gasteiger partial charge in [-0.3, -0.25) is 4.79 Å². The molecule has 1 aromatic rings. The Balaban J connectivity index is 0.00000161. The molecule has 116 valence electrons. The van der Waals surface area contributed by atoms with Crippen LogP contribution in [0, 0.1) is 5.92 Å². The summed E-state index contributed by atoms with van der Waals surface area (Å²) in [5.74, 6) is 1.74. The molecule has 0 spiro atoms. The van der Waals surface area contributed by atoms with Crippen LogP contribution in [0.3, 0.4) is 0 Å². The molecule has 2 aliphatic heterocycles. The summed E-state index contributed by atoms with van der Waals surface area (Å²) in [5.41, 5.74) is 1.11. The van der Waals surface area contributed by atoms with Crippen molar-refractivity contribution in [3.8, 4) is 5.75 Å². The molecule has 2 aliphatic rings. The van der Waals surface area contributed by atoms with Crippen molar-refractivity contribution in [2.45, 2.75) is 31.7 Å². The van der Waals surface area contributed by atoms with Crippen molar-refractivity contribution in [2.24, 2.45) is 5.92 Å². The van der Waals surface area contributed by atoms with E-state index in [1.54, 1.807) is 0 Å². The van der Waals surface area contributed by atoms with Gasteiger partial charge in [-0.25, -0.2) is 0 Å². The Bertz CT molecular complexity index is 475. The fourth-order valence-corrected chi connectivity index (χ4v) is 3.05. The van der Waals surface area contributed by atoms with Gasteiger partial charge in [-0.2, -0.15) is 0 Å². The zero-order valence-corrected chi connectivity index (χ0v) is 13.0. The van der Waals surface area contributed by atoms with Crippen molar-refractivity contribution in [3.63, 3.8) is 0 Å². The minimum Gasteiger partial charge on any atom is -0.493 e. The van der Waals surface area contributed by atoms with Gasteiger partial charge in [-0.05, 0) is 37.9 Å². The summed E-state index contributed by atoms with van der Waals surface area (Å²) in [5, 5.41) is 6.50. The SMILES string of the molecule is Cl.O=C(CCC1CCNC1)NC1CCOc2ccccc21. The van der Waals surface area contributed by atoms with Crippen LogP contribution < -0.4 is 15.4 Å². The van der Waals surface area contributed by atoms with E-state index >= 15 is 0 Å². The van der Waals surface area contributed by atoms with Gasteiger partial charge in [0.1, 0.15) is 5.75 Å². The number of ether oxygens (including phenoxy) is 1. The van der Waals surface area contributed by atoms with E-state index < -0.39 is 0 Å². The van der Waals surface area contributed by atoms with Crippen LogP contribution >= 0.6 is 12.4 Å². The highest BCUT2D eigenvalue weighted by atomic mass is 35.5. The van der Waals surface area contributed by atoms with Crippen LogP contribution in [0.2, 0.25) is 0 Å². The first kappa shape index (κ1) is 16.1. The van der Waals surface area contributed by atoms with Gasteiger partial charge >= 0.3 is 0 Å². The van der Waals surface area contributed by atoms with Crippen molar-refractivity contribution in [1.29, 1.82) is 0 Å². The topological polar surface area (TPSA) is 50.4 Å². The number of amides is 1. The van der Waals surface area contributed by atoms with Gasteiger partial charge < -0.3 is 15.4 Å². The fraction of sp³-hybridized carbons (Fsp3) is 0.562.